The minimum atomic E-state index is -0.262. The first kappa shape index (κ1) is 15.7. The van der Waals surface area contributed by atoms with Crippen LogP contribution in [0.5, 0.6) is 0 Å². The molecule has 6 heteroatoms. The number of carbonyl (C=O) groups excluding carboxylic acids is 2. The maximum Gasteiger partial charge on any atom is 0.254 e. The first-order valence-corrected chi connectivity index (χ1v) is 7.60. The van der Waals surface area contributed by atoms with Crippen molar-refractivity contribution in [2.75, 3.05) is 11.9 Å². The summed E-state index contributed by atoms with van der Waals surface area (Å²) in [5.74, 6) is -0.432. The lowest BCUT2D eigenvalue weighted by atomic mass is 10.1. The summed E-state index contributed by atoms with van der Waals surface area (Å²) >= 11 is 0. The molecule has 3 aromatic rings. The number of benzene rings is 1. The van der Waals surface area contributed by atoms with Crippen LogP contribution in [0.1, 0.15) is 22.3 Å². The largest absolute Gasteiger partial charge is 0.472 e. The Hall–Kier alpha value is -3.15. The number of anilines is 1. The molecule has 0 atom stereocenters. The van der Waals surface area contributed by atoms with Crippen molar-refractivity contribution in [1.29, 1.82) is 0 Å². The molecule has 0 aliphatic heterocycles. The van der Waals surface area contributed by atoms with Crippen LogP contribution in [0.2, 0.25) is 0 Å². The Balaban J connectivity index is 1.59. The Morgan fingerprint density at radius 3 is 2.88 bits per heavy atom. The number of hydrogen-bond acceptors (Lipinski definition) is 4. The number of aromatic nitrogens is 1. The van der Waals surface area contributed by atoms with Crippen molar-refractivity contribution < 1.29 is 14.0 Å². The quantitative estimate of drug-likeness (QED) is 0.756. The first-order chi connectivity index (χ1) is 11.6. The lowest BCUT2D eigenvalue weighted by Crippen LogP contribution is -2.27. The van der Waals surface area contributed by atoms with Gasteiger partial charge in [0.15, 0.2) is 0 Å². The number of carbonyl (C=O) groups is 2. The molecule has 0 spiro atoms. The molecule has 0 radical (unpaired) electrons. The molecule has 2 N–H and O–H groups in total. The lowest BCUT2D eigenvalue weighted by Gasteiger charge is -2.10. The van der Waals surface area contributed by atoms with Crippen molar-refractivity contribution >= 4 is 28.4 Å². The molecule has 122 valence electrons. The maximum atomic E-state index is 12.1. The summed E-state index contributed by atoms with van der Waals surface area (Å²) in [6, 6.07) is 9.11. The summed E-state index contributed by atoms with van der Waals surface area (Å²) < 4.78 is 4.85. The van der Waals surface area contributed by atoms with Crippen molar-refractivity contribution in [2.24, 2.45) is 0 Å². The van der Waals surface area contributed by atoms with E-state index in [0.29, 0.717) is 5.56 Å². The van der Waals surface area contributed by atoms with E-state index in [0.717, 1.165) is 22.2 Å². The molecule has 0 unspecified atom stereocenters. The fourth-order valence-electron chi connectivity index (χ4n) is 2.42. The molecule has 1 aromatic carbocycles. The van der Waals surface area contributed by atoms with Crippen LogP contribution in [0.4, 0.5) is 5.69 Å². The van der Waals surface area contributed by atoms with Crippen LogP contribution >= 0.6 is 0 Å². The molecule has 0 fully saturated rings. The Morgan fingerprint density at radius 2 is 2.08 bits per heavy atom. The Bertz CT molecular complexity index is 872. The van der Waals surface area contributed by atoms with Crippen molar-refractivity contribution in [2.45, 2.75) is 13.3 Å². The molecule has 0 bridgehead atoms. The molecular weight excluding hydrogens is 306 g/mol. The molecule has 0 saturated heterocycles. The van der Waals surface area contributed by atoms with Crippen LogP contribution in [0.3, 0.4) is 0 Å². The zero-order chi connectivity index (χ0) is 16.9. The molecule has 6 nitrogen and oxygen atoms in total. The molecule has 2 heterocycles. The number of hydrogen-bond donors (Lipinski definition) is 2. The van der Waals surface area contributed by atoms with E-state index in [4.69, 9.17) is 4.42 Å². The smallest absolute Gasteiger partial charge is 0.254 e. The van der Waals surface area contributed by atoms with Crippen molar-refractivity contribution in [3.8, 4) is 0 Å². The van der Waals surface area contributed by atoms with Crippen LogP contribution in [0.15, 0.2) is 53.5 Å². The summed E-state index contributed by atoms with van der Waals surface area (Å²) in [4.78, 5) is 28.2. The van der Waals surface area contributed by atoms with E-state index in [1.165, 1.54) is 12.5 Å². The number of pyridine rings is 1. The highest BCUT2D eigenvalue weighted by atomic mass is 16.3. The van der Waals surface area contributed by atoms with Crippen LogP contribution in [0, 0.1) is 6.92 Å². The van der Waals surface area contributed by atoms with Gasteiger partial charge in [-0.25, -0.2) is 0 Å². The van der Waals surface area contributed by atoms with Gasteiger partial charge in [0.25, 0.3) is 5.91 Å². The molecule has 2 aromatic heterocycles. The fourth-order valence-corrected chi connectivity index (χ4v) is 2.42. The van der Waals surface area contributed by atoms with Gasteiger partial charge in [0.2, 0.25) is 5.91 Å². The Morgan fingerprint density at radius 1 is 1.21 bits per heavy atom. The summed E-state index contributed by atoms with van der Waals surface area (Å²) in [6.07, 6.45) is 4.70. The monoisotopic (exact) mass is 323 g/mol. The van der Waals surface area contributed by atoms with E-state index < -0.39 is 0 Å². The summed E-state index contributed by atoms with van der Waals surface area (Å²) in [7, 11) is 0. The molecule has 3 rings (SSSR count). The van der Waals surface area contributed by atoms with E-state index in [1.807, 2.05) is 31.2 Å². The van der Waals surface area contributed by atoms with E-state index in [2.05, 4.69) is 15.6 Å². The third-order valence-electron chi connectivity index (χ3n) is 3.67. The minimum Gasteiger partial charge on any atom is -0.472 e. The highest BCUT2D eigenvalue weighted by molar-refractivity contribution is 6.02. The SMILES string of the molecule is Cc1ccc(NC(=O)CCNC(=O)c2ccoc2)c2cccnc12. The van der Waals surface area contributed by atoms with Crippen molar-refractivity contribution in [1.82, 2.24) is 10.3 Å². The number of fused-ring (bicyclic) bond motifs is 1. The number of nitrogens with one attached hydrogen (secondary N) is 2. The van der Waals surface area contributed by atoms with Gasteiger partial charge in [0, 0.05) is 24.5 Å². The number of amides is 2. The second-order valence-corrected chi connectivity index (χ2v) is 5.40. The van der Waals surface area contributed by atoms with Gasteiger partial charge >= 0.3 is 0 Å². The zero-order valence-electron chi connectivity index (χ0n) is 13.2. The van der Waals surface area contributed by atoms with E-state index >= 15 is 0 Å². The minimum absolute atomic E-state index is 0.170. The third-order valence-corrected chi connectivity index (χ3v) is 3.67. The Kier molecular flexibility index (Phi) is 4.56. The van der Waals surface area contributed by atoms with Gasteiger partial charge < -0.3 is 15.1 Å². The van der Waals surface area contributed by atoms with Crippen molar-refractivity contribution in [3.05, 3.63) is 60.2 Å². The summed E-state index contributed by atoms with van der Waals surface area (Å²) in [6.45, 7) is 2.23. The molecule has 0 aliphatic rings. The predicted molar refractivity (Wildman–Crippen MR) is 90.8 cm³/mol. The second kappa shape index (κ2) is 6.95. The van der Waals surface area contributed by atoms with Gasteiger partial charge in [-0.2, -0.15) is 0 Å². The highest BCUT2D eigenvalue weighted by Gasteiger charge is 2.10. The van der Waals surface area contributed by atoms with E-state index in [9.17, 15) is 9.59 Å². The number of rotatable bonds is 5. The predicted octanol–water partition coefficient (Wildman–Crippen LogP) is 2.89. The van der Waals surface area contributed by atoms with Gasteiger partial charge in [0.05, 0.1) is 23.0 Å². The molecule has 0 aliphatic carbocycles. The summed E-state index contributed by atoms with van der Waals surface area (Å²) in [5.41, 5.74) is 3.07. The van der Waals surface area contributed by atoms with Gasteiger partial charge in [0.1, 0.15) is 6.26 Å². The molecule has 24 heavy (non-hydrogen) atoms. The average Bonchev–Trinajstić information content (AvgIpc) is 3.12. The Labute approximate surface area is 138 Å². The maximum absolute atomic E-state index is 12.1. The summed E-state index contributed by atoms with van der Waals surface area (Å²) in [5, 5.41) is 6.44. The topological polar surface area (TPSA) is 84.2 Å². The van der Waals surface area contributed by atoms with Crippen LogP contribution < -0.4 is 10.6 Å². The number of aryl methyl sites for hydroxylation is 1. The molecule has 2 amide bonds. The standard InChI is InChI=1S/C18H17N3O3/c1-12-4-5-15(14-3-2-8-19-17(12)14)21-16(22)6-9-20-18(23)13-7-10-24-11-13/h2-5,7-8,10-11H,6,9H2,1H3,(H,20,23)(H,21,22). The molecular formula is C18H17N3O3. The van der Waals surface area contributed by atoms with Crippen LogP contribution in [-0.4, -0.2) is 23.3 Å². The highest BCUT2D eigenvalue weighted by Crippen LogP contribution is 2.24. The van der Waals surface area contributed by atoms with E-state index in [-0.39, 0.29) is 24.8 Å². The number of nitrogens with zero attached hydrogens (tertiary/aromatic N) is 1. The molecule has 0 saturated carbocycles. The van der Waals surface area contributed by atoms with Gasteiger partial charge in [-0.05, 0) is 36.8 Å². The normalized spacial score (nSPS) is 10.5. The first-order valence-electron chi connectivity index (χ1n) is 7.60. The van der Waals surface area contributed by atoms with Gasteiger partial charge in [-0.1, -0.05) is 6.07 Å². The van der Waals surface area contributed by atoms with Crippen molar-refractivity contribution in [3.63, 3.8) is 0 Å². The number of furan rings is 1. The van der Waals surface area contributed by atoms with Gasteiger partial charge in [-0.15, -0.1) is 0 Å². The lowest BCUT2D eigenvalue weighted by molar-refractivity contribution is -0.116. The third kappa shape index (κ3) is 3.43. The van der Waals surface area contributed by atoms with Crippen LogP contribution in [-0.2, 0) is 4.79 Å². The van der Waals surface area contributed by atoms with Crippen LogP contribution in [0.25, 0.3) is 10.9 Å². The fraction of sp³-hybridized carbons (Fsp3) is 0.167. The average molecular weight is 323 g/mol. The second-order valence-electron chi connectivity index (χ2n) is 5.40. The van der Waals surface area contributed by atoms with E-state index in [1.54, 1.807) is 12.3 Å². The zero-order valence-corrected chi connectivity index (χ0v) is 13.2. The van der Waals surface area contributed by atoms with Gasteiger partial charge in [-0.3, -0.25) is 14.6 Å².